The van der Waals surface area contributed by atoms with Crippen LogP contribution in [-0.2, 0) is 22.6 Å². The van der Waals surface area contributed by atoms with Gasteiger partial charge in [0.2, 0.25) is 6.41 Å². The summed E-state index contributed by atoms with van der Waals surface area (Å²) in [6, 6.07) is 8.92. The van der Waals surface area contributed by atoms with E-state index in [2.05, 4.69) is 74.1 Å². The molecule has 2 rings (SSSR count). The van der Waals surface area contributed by atoms with E-state index in [1.165, 1.54) is 36.1 Å². The normalized spacial score (nSPS) is 12.3. The Balaban J connectivity index is -0.000000498. The molecule has 0 fully saturated rings. The molecule has 0 saturated heterocycles. The second-order valence-electron chi connectivity index (χ2n) is 7.41. The van der Waals surface area contributed by atoms with Crippen molar-refractivity contribution >= 4 is 36.8 Å². The van der Waals surface area contributed by atoms with Crippen LogP contribution in [-0.4, -0.2) is 78.9 Å². The van der Waals surface area contributed by atoms with Crippen LogP contribution < -0.4 is 16.4 Å². The first-order chi connectivity index (χ1) is 16.9. The maximum atomic E-state index is 9.54. The lowest BCUT2D eigenvalue weighted by Crippen LogP contribution is -2.40. The third kappa shape index (κ3) is 27.2. The molecule has 1 heterocycles. The molecule has 9 heteroatoms. The number of nitrogens with one attached hydrogen (secondary N) is 2. The van der Waals surface area contributed by atoms with E-state index in [0.717, 1.165) is 38.5 Å². The molecule has 1 aliphatic rings. The molecule has 0 saturated carbocycles. The molecule has 1 amide bonds. The van der Waals surface area contributed by atoms with Crippen LogP contribution in [0, 0.1) is 0 Å². The van der Waals surface area contributed by atoms with E-state index in [1.54, 1.807) is 0 Å². The number of nitrogens with two attached hydrogens (primary N) is 1. The summed E-state index contributed by atoms with van der Waals surface area (Å²) < 4.78 is 0. The molecule has 5 N–H and O–H groups in total. The molecule has 206 valence electrons. The topological polar surface area (TPSA) is 108 Å². The van der Waals surface area contributed by atoms with E-state index in [0.29, 0.717) is 6.41 Å². The maximum Gasteiger partial charge on any atom is 0.322 e. The Hall–Kier alpha value is -1.26. The van der Waals surface area contributed by atoms with Gasteiger partial charge < -0.3 is 21.5 Å². The van der Waals surface area contributed by atoms with Gasteiger partial charge in [-0.1, -0.05) is 71.7 Å². The number of thioether (sulfide) groups is 1. The smallest absolute Gasteiger partial charge is 0.322 e. The highest BCUT2D eigenvalue weighted by atomic mass is 32.2. The summed E-state index contributed by atoms with van der Waals surface area (Å²) in [7, 11) is 0. The fraction of sp³-hybridized carbons (Fsp3) is 0.692. The molecule has 1 aromatic carbocycles. The predicted octanol–water partition coefficient (Wildman–Crippen LogP) is 3.91. The third-order valence-electron chi connectivity index (χ3n) is 4.58. The van der Waals surface area contributed by atoms with Crippen molar-refractivity contribution in [2.24, 2.45) is 5.73 Å². The number of thiol groups is 1. The lowest BCUT2D eigenvalue weighted by molar-refractivity contribution is -0.136. The molecule has 0 spiro atoms. The number of amides is 1. The van der Waals surface area contributed by atoms with Crippen molar-refractivity contribution < 1.29 is 14.7 Å². The largest absolute Gasteiger partial charge is 0.480 e. The fourth-order valence-electron chi connectivity index (χ4n) is 2.46. The van der Waals surface area contributed by atoms with Crippen LogP contribution in [0.4, 0.5) is 0 Å². The van der Waals surface area contributed by atoms with E-state index in [1.807, 2.05) is 30.9 Å². The van der Waals surface area contributed by atoms with Crippen LogP contribution >= 0.6 is 24.4 Å². The van der Waals surface area contributed by atoms with Crippen molar-refractivity contribution in [3.8, 4) is 0 Å². The summed E-state index contributed by atoms with van der Waals surface area (Å²) in [5, 5.41) is 13.2. The first-order valence-electron chi connectivity index (χ1n) is 12.6. The van der Waals surface area contributed by atoms with E-state index in [-0.39, 0.29) is 12.6 Å². The highest BCUT2D eigenvalue weighted by molar-refractivity contribution is 7.98. The van der Waals surface area contributed by atoms with Gasteiger partial charge in [0.05, 0.1) is 0 Å². The summed E-state index contributed by atoms with van der Waals surface area (Å²) in [6.45, 7) is 15.4. The minimum absolute atomic E-state index is 0.162. The summed E-state index contributed by atoms with van der Waals surface area (Å²) in [5.74, 6) is 0.941. The lowest BCUT2D eigenvalue weighted by atomic mass is 10.00. The number of carboxylic acids is 1. The van der Waals surface area contributed by atoms with Crippen molar-refractivity contribution in [2.45, 2.75) is 66.5 Å². The molecular weight excluding hydrogens is 480 g/mol. The number of rotatable bonds is 11. The number of benzene rings is 1. The molecule has 0 bridgehead atoms. The molecule has 1 aliphatic heterocycles. The highest BCUT2D eigenvalue weighted by Crippen LogP contribution is 2.17. The number of unbranched alkanes of at least 4 members (excludes halogenated alkanes) is 1. The number of carboxylic acid groups (broad SMARTS) is 1. The first kappa shape index (κ1) is 38.3. The molecule has 0 radical (unpaired) electrons. The van der Waals surface area contributed by atoms with Crippen molar-refractivity contribution in [3.63, 3.8) is 0 Å². The van der Waals surface area contributed by atoms with Gasteiger partial charge in [0.25, 0.3) is 0 Å². The number of hydrogen-bond donors (Lipinski definition) is 5. The Morgan fingerprint density at radius 1 is 1.23 bits per heavy atom. The summed E-state index contributed by atoms with van der Waals surface area (Å²) in [5.41, 5.74) is 8.80. The zero-order chi connectivity index (χ0) is 27.3. The monoisotopic (exact) mass is 532 g/mol. The molecule has 1 unspecified atom stereocenters. The van der Waals surface area contributed by atoms with Crippen LogP contribution in [0.5, 0.6) is 0 Å². The highest BCUT2D eigenvalue weighted by Gasteiger charge is 2.14. The third-order valence-corrected chi connectivity index (χ3v) is 5.63. The van der Waals surface area contributed by atoms with Gasteiger partial charge >= 0.3 is 5.97 Å². The molecule has 1 aromatic rings. The number of hydrogen-bond acceptors (Lipinski definition) is 7. The second kappa shape index (κ2) is 30.8. The van der Waals surface area contributed by atoms with Crippen molar-refractivity contribution in [3.05, 3.63) is 35.4 Å². The van der Waals surface area contributed by atoms with Crippen LogP contribution in [0.3, 0.4) is 0 Å². The average Bonchev–Trinajstić information content (AvgIpc) is 2.91. The average molecular weight is 533 g/mol. The minimum atomic E-state index is -1.04. The number of nitrogens with zero attached hydrogens (tertiary/aromatic N) is 1. The maximum absolute atomic E-state index is 9.54. The quantitative estimate of drug-likeness (QED) is 0.167. The van der Waals surface area contributed by atoms with Gasteiger partial charge in [0, 0.05) is 44.5 Å². The van der Waals surface area contributed by atoms with E-state index in [4.69, 9.17) is 10.8 Å². The van der Waals surface area contributed by atoms with Gasteiger partial charge in [0.15, 0.2) is 0 Å². The molecule has 35 heavy (non-hydrogen) atoms. The Morgan fingerprint density at radius 2 is 1.80 bits per heavy atom. The van der Waals surface area contributed by atoms with Gasteiger partial charge in [0.1, 0.15) is 6.54 Å². The molecule has 0 aliphatic carbocycles. The van der Waals surface area contributed by atoms with Crippen LogP contribution in [0.25, 0.3) is 0 Å². The van der Waals surface area contributed by atoms with Gasteiger partial charge in [-0.25, -0.2) is 0 Å². The Bertz CT molecular complexity index is 587. The zero-order valence-corrected chi connectivity index (χ0v) is 24.6. The van der Waals surface area contributed by atoms with Crippen LogP contribution in [0.2, 0.25) is 0 Å². The Labute approximate surface area is 224 Å². The van der Waals surface area contributed by atoms with Crippen LogP contribution in [0.15, 0.2) is 24.3 Å². The standard InChI is InChI=1S/C14H23N3S.C4H10.C3H5NO3.C3H8S.C2H6/c15-14(11-18)9-16-6-8-17-7-5-12-3-1-2-4-13(12)10-17;1-3-4-2;5-2-4-1-3(6)7;1-3-4-2;1-2/h1-4,14,16,18H,5-11,15H2;3-4H2,1-2H3;2H,1H2,(H,4,5)(H,6,7);3H2,1-2H3;1-2H3. The van der Waals surface area contributed by atoms with Gasteiger partial charge in [-0.2, -0.15) is 24.4 Å². The van der Waals surface area contributed by atoms with Gasteiger partial charge in [-0.15, -0.1) is 0 Å². The number of fused-ring (bicyclic) bond motifs is 1. The summed E-state index contributed by atoms with van der Waals surface area (Å²) >= 11 is 6.03. The zero-order valence-electron chi connectivity index (χ0n) is 22.9. The van der Waals surface area contributed by atoms with E-state index in [9.17, 15) is 9.59 Å². The molecule has 7 nitrogen and oxygen atoms in total. The minimum Gasteiger partial charge on any atom is -0.480 e. The molecule has 1 atom stereocenters. The summed E-state index contributed by atoms with van der Waals surface area (Å²) in [6.07, 6.45) is 6.25. The van der Waals surface area contributed by atoms with Crippen LogP contribution in [0.1, 0.15) is 58.6 Å². The predicted molar refractivity (Wildman–Crippen MR) is 158 cm³/mol. The Morgan fingerprint density at radius 3 is 2.23 bits per heavy atom. The first-order valence-corrected chi connectivity index (χ1v) is 14.7. The number of aliphatic carboxylic acids is 1. The van der Waals surface area contributed by atoms with Crippen molar-refractivity contribution in [1.82, 2.24) is 15.5 Å². The summed E-state index contributed by atoms with van der Waals surface area (Å²) in [4.78, 5) is 21.4. The van der Waals surface area contributed by atoms with Gasteiger partial charge in [-0.3, -0.25) is 14.5 Å². The van der Waals surface area contributed by atoms with Gasteiger partial charge in [-0.05, 0) is 29.6 Å². The molecular formula is C26H52N4O3S2. The SMILES string of the molecule is CC.CCCC.CCSC.NC(CS)CNCCN1CCc2ccccc2C1.O=CNCC(=O)O. The number of carbonyl (C=O) groups excluding carboxylic acids is 1. The van der Waals surface area contributed by atoms with E-state index < -0.39 is 5.97 Å². The van der Waals surface area contributed by atoms with Crippen molar-refractivity contribution in [2.75, 3.05) is 50.5 Å². The Kier molecular flexibility index (Phi) is 33.6. The van der Waals surface area contributed by atoms with Crippen molar-refractivity contribution in [1.29, 1.82) is 0 Å². The van der Waals surface area contributed by atoms with E-state index >= 15 is 0 Å². The molecule has 0 aromatic heterocycles. The second-order valence-corrected chi connectivity index (χ2v) is 8.93. The number of carbonyl (C=O) groups is 2. The fourth-order valence-corrected chi connectivity index (χ4v) is 2.59. The lowest BCUT2D eigenvalue weighted by Gasteiger charge is -2.28.